The second-order valence-electron chi connectivity index (χ2n) is 4.13. The van der Waals surface area contributed by atoms with Crippen LogP contribution in [0.3, 0.4) is 0 Å². The van der Waals surface area contributed by atoms with Gasteiger partial charge in [-0.25, -0.2) is 0 Å². The Labute approximate surface area is 102 Å². The number of hydrogen-bond donors (Lipinski definition) is 0. The first kappa shape index (κ1) is 11.3. The monoisotopic (exact) mass is 222 g/mol. The molecule has 0 aliphatic heterocycles. The fraction of sp³-hybridized carbons (Fsp3) is 0.200. The minimum absolute atomic E-state index is 0.417. The molecule has 0 atom stereocenters. The van der Waals surface area contributed by atoms with Gasteiger partial charge in [0.1, 0.15) is 0 Å². The molecule has 17 heavy (non-hydrogen) atoms. The summed E-state index contributed by atoms with van der Waals surface area (Å²) in [5.41, 5.74) is 5.61. The number of nitriles is 1. The van der Waals surface area contributed by atoms with Gasteiger partial charge in [-0.2, -0.15) is 5.26 Å². The maximum atomic E-state index is 8.61. The van der Waals surface area contributed by atoms with Gasteiger partial charge in [0.2, 0.25) is 0 Å². The van der Waals surface area contributed by atoms with Crippen molar-refractivity contribution in [2.24, 2.45) is 0 Å². The molecule has 1 aromatic carbocycles. The Hall–Kier alpha value is -2.14. The second kappa shape index (κ2) is 4.80. The average Bonchev–Trinajstić information content (AvgIpc) is 2.34. The number of nitrogens with zero attached hydrogens (tertiary/aromatic N) is 2. The van der Waals surface area contributed by atoms with Gasteiger partial charge in [-0.15, -0.1) is 0 Å². The maximum absolute atomic E-state index is 8.61. The van der Waals surface area contributed by atoms with E-state index in [4.69, 9.17) is 5.26 Å². The number of pyridine rings is 1. The molecule has 1 aromatic heterocycles. The van der Waals surface area contributed by atoms with Crippen LogP contribution in [0.4, 0.5) is 0 Å². The summed E-state index contributed by atoms with van der Waals surface area (Å²) in [4.78, 5) is 4.42. The molecule has 2 heteroatoms. The third-order valence-corrected chi connectivity index (χ3v) is 2.99. The van der Waals surface area contributed by atoms with Gasteiger partial charge in [0.05, 0.1) is 18.2 Å². The molecular formula is C15H14N2. The fourth-order valence-electron chi connectivity index (χ4n) is 1.81. The lowest BCUT2D eigenvalue weighted by Gasteiger charge is -2.08. The third-order valence-electron chi connectivity index (χ3n) is 2.99. The lowest BCUT2D eigenvalue weighted by Crippen LogP contribution is -1.91. The van der Waals surface area contributed by atoms with Crippen molar-refractivity contribution in [2.75, 3.05) is 0 Å². The van der Waals surface area contributed by atoms with Gasteiger partial charge in [-0.3, -0.25) is 4.98 Å². The zero-order chi connectivity index (χ0) is 12.3. The van der Waals surface area contributed by atoms with E-state index in [0.29, 0.717) is 6.42 Å². The summed E-state index contributed by atoms with van der Waals surface area (Å²) in [5.74, 6) is 0. The van der Waals surface area contributed by atoms with Crippen LogP contribution in [0.5, 0.6) is 0 Å². The van der Waals surface area contributed by atoms with Gasteiger partial charge in [0.15, 0.2) is 0 Å². The van der Waals surface area contributed by atoms with Crippen molar-refractivity contribution in [2.45, 2.75) is 20.3 Å². The first-order valence-corrected chi connectivity index (χ1v) is 5.61. The van der Waals surface area contributed by atoms with Gasteiger partial charge < -0.3 is 0 Å². The number of aryl methyl sites for hydroxylation is 1. The molecular weight excluding hydrogens is 208 g/mol. The third kappa shape index (κ3) is 2.34. The van der Waals surface area contributed by atoms with E-state index in [9.17, 15) is 0 Å². The highest BCUT2D eigenvalue weighted by atomic mass is 14.7. The Morgan fingerprint density at radius 2 is 2.00 bits per heavy atom. The molecule has 84 valence electrons. The first-order valence-electron chi connectivity index (χ1n) is 5.61. The van der Waals surface area contributed by atoms with Crippen molar-refractivity contribution in [3.05, 3.63) is 53.2 Å². The smallest absolute Gasteiger partial charge is 0.0704 e. The van der Waals surface area contributed by atoms with Crippen molar-refractivity contribution >= 4 is 0 Å². The summed E-state index contributed by atoms with van der Waals surface area (Å²) in [6, 6.07) is 12.3. The number of benzene rings is 1. The number of rotatable bonds is 2. The van der Waals surface area contributed by atoms with E-state index in [2.05, 4.69) is 37.0 Å². The predicted octanol–water partition coefficient (Wildman–Crippen LogP) is 3.43. The molecule has 0 spiro atoms. The molecule has 0 aliphatic carbocycles. The van der Waals surface area contributed by atoms with Crippen LogP contribution >= 0.6 is 0 Å². The largest absolute Gasteiger partial charge is 0.256 e. The SMILES string of the molecule is Cc1cccc(-c2ccc(CC#N)cn2)c1C. The van der Waals surface area contributed by atoms with Crippen LogP contribution in [0, 0.1) is 25.2 Å². The molecule has 0 amide bonds. The second-order valence-corrected chi connectivity index (χ2v) is 4.13. The van der Waals surface area contributed by atoms with E-state index >= 15 is 0 Å². The molecule has 0 saturated heterocycles. The molecule has 0 fully saturated rings. The van der Waals surface area contributed by atoms with Crippen LogP contribution in [-0.2, 0) is 6.42 Å². The normalized spacial score (nSPS) is 9.94. The molecule has 0 bridgehead atoms. The quantitative estimate of drug-likeness (QED) is 0.780. The summed E-state index contributed by atoms with van der Waals surface area (Å²) in [7, 11) is 0. The van der Waals surface area contributed by atoms with Crippen LogP contribution < -0.4 is 0 Å². The minimum atomic E-state index is 0.417. The lowest BCUT2D eigenvalue weighted by atomic mass is 10.0. The van der Waals surface area contributed by atoms with Crippen molar-refractivity contribution in [3.63, 3.8) is 0 Å². The highest BCUT2D eigenvalue weighted by Crippen LogP contribution is 2.23. The summed E-state index contributed by atoms with van der Waals surface area (Å²) >= 11 is 0. The Kier molecular flexibility index (Phi) is 3.20. The number of aromatic nitrogens is 1. The van der Waals surface area contributed by atoms with E-state index in [1.807, 2.05) is 18.2 Å². The molecule has 0 aliphatic rings. The molecule has 1 heterocycles. The van der Waals surface area contributed by atoms with E-state index < -0.39 is 0 Å². The van der Waals surface area contributed by atoms with E-state index in [0.717, 1.165) is 16.8 Å². The van der Waals surface area contributed by atoms with E-state index in [1.165, 1.54) is 11.1 Å². The van der Waals surface area contributed by atoms with Gasteiger partial charge in [0.25, 0.3) is 0 Å². The Balaban J connectivity index is 2.41. The molecule has 2 rings (SSSR count). The lowest BCUT2D eigenvalue weighted by molar-refractivity contribution is 1.19. The molecule has 0 unspecified atom stereocenters. The van der Waals surface area contributed by atoms with Gasteiger partial charge in [-0.05, 0) is 36.6 Å². The number of hydrogen-bond acceptors (Lipinski definition) is 2. The highest BCUT2D eigenvalue weighted by molar-refractivity contribution is 5.64. The van der Waals surface area contributed by atoms with Crippen molar-refractivity contribution in [1.82, 2.24) is 4.98 Å². The molecule has 0 saturated carbocycles. The summed E-state index contributed by atoms with van der Waals surface area (Å²) in [6.07, 6.45) is 2.19. The van der Waals surface area contributed by atoms with Crippen LogP contribution in [0.2, 0.25) is 0 Å². The standard InChI is InChI=1S/C15H14N2/c1-11-4-3-5-14(12(11)2)15-7-6-13(8-9-16)10-17-15/h3-7,10H,8H2,1-2H3. The van der Waals surface area contributed by atoms with Crippen LogP contribution in [0.15, 0.2) is 36.5 Å². The van der Waals surface area contributed by atoms with E-state index in [1.54, 1.807) is 6.20 Å². The zero-order valence-electron chi connectivity index (χ0n) is 10.1. The van der Waals surface area contributed by atoms with Gasteiger partial charge in [0, 0.05) is 11.8 Å². The van der Waals surface area contributed by atoms with Gasteiger partial charge in [-0.1, -0.05) is 24.3 Å². The van der Waals surface area contributed by atoms with Crippen molar-refractivity contribution < 1.29 is 0 Å². The topological polar surface area (TPSA) is 36.7 Å². The Bertz CT molecular complexity index is 562. The minimum Gasteiger partial charge on any atom is -0.256 e. The van der Waals surface area contributed by atoms with Crippen molar-refractivity contribution in [1.29, 1.82) is 5.26 Å². The van der Waals surface area contributed by atoms with Gasteiger partial charge >= 0.3 is 0 Å². The van der Waals surface area contributed by atoms with Crippen LogP contribution in [-0.4, -0.2) is 4.98 Å². The average molecular weight is 222 g/mol. The Morgan fingerprint density at radius 1 is 1.18 bits per heavy atom. The first-order chi connectivity index (χ1) is 8.22. The molecule has 2 aromatic rings. The highest BCUT2D eigenvalue weighted by Gasteiger charge is 2.04. The molecule has 2 nitrogen and oxygen atoms in total. The Morgan fingerprint density at radius 3 is 2.65 bits per heavy atom. The summed E-state index contributed by atoms with van der Waals surface area (Å²) in [5, 5.41) is 8.61. The van der Waals surface area contributed by atoms with Crippen LogP contribution in [0.25, 0.3) is 11.3 Å². The molecule has 0 N–H and O–H groups in total. The molecule has 0 radical (unpaired) electrons. The van der Waals surface area contributed by atoms with E-state index in [-0.39, 0.29) is 0 Å². The summed E-state index contributed by atoms with van der Waals surface area (Å²) < 4.78 is 0. The zero-order valence-corrected chi connectivity index (χ0v) is 10.1. The maximum Gasteiger partial charge on any atom is 0.0704 e. The van der Waals surface area contributed by atoms with Crippen LogP contribution in [0.1, 0.15) is 16.7 Å². The predicted molar refractivity (Wildman–Crippen MR) is 68.5 cm³/mol. The van der Waals surface area contributed by atoms with Crippen molar-refractivity contribution in [3.8, 4) is 17.3 Å². The summed E-state index contributed by atoms with van der Waals surface area (Å²) in [6.45, 7) is 4.21. The fourth-order valence-corrected chi connectivity index (χ4v) is 1.81.